The van der Waals surface area contributed by atoms with Crippen molar-refractivity contribution in [2.75, 3.05) is 14.2 Å². The number of aldehydes is 3. The molecule has 0 N–H and O–H groups in total. The molecule has 0 amide bonds. The van der Waals surface area contributed by atoms with Gasteiger partial charge < -0.3 is 9.47 Å². The Morgan fingerprint density at radius 2 is 0.897 bits per heavy atom. The molecule has 0 aromatic heterocycles. The number of fused-ring (bicyclic) bond motifs is 6. The van der Waals surface area contributed by atoms with E-state index in [4.69, 9.17) is 9.47 Å². The minimum absolute atomic E-state index is 0.323. The summed E-state index contributed by atoms with van der Waals surface area (Å²) in [7, 11) is 3.12. The molecule has 0 fully saturated rings. The number of hydrogen-bond donors (Lipinski definition) is 0. The fraction of sp³-hybridized carbons (Fsp3) is 0.125. The molecule has 5 heteroatoms. The van der Waals surface area contributed by atoms with Crippen molar-refractivity contribution in [3.63, 3.8) is 0 Å². The molecule has 0 aliphatic heterocycles. The van der Waals surface area contributed by atoms with E-state index < -0.39 is 0 Å². The molecule has 0 saturated carbocycles. The summed E-state index contributed by atoms with van der Waals surface area (Å²) >= 11 is 0. The summed E-state index contributed by atoms with van der Waals surface area (Å²) in [6.07, 6.45) is 2.19. The van der Waals surface area contributed by atoms with Gasteiger partial charge in [-0.05, 0) is 75.1 Å². The van der Waals surface area contributed by atoms with Crippen molar-refractivity contribution in [1.29, 1.82) is 0 Å². The Morgan fingerprint density at radius 1 is 0.552 bits per heavy atom. The van der Waals surface area contributed by atoms with E-state index in [1.54, 1.807) is 26.4 Å². The molecule has 0 unspecified atom stereocenters. The van der Waals surface area contributed by atoms with Crippen LogP contribution in [0.4, 0.5) is 0 Å². The van der Waals surface area contributed by atoms with Crippen molar-refractivity contribution in [1.82, 2.24) is 0 Å². The first-order valence-corrected chi connectivity index (χ1v) is 9.01. The number of ether oxygens (including phenoxy) is 2. The van der Waals surface area contributed by atoms with E-state index in [0.717, 1.165) is 44.2 Å². The van der Waals surface area contributed by atoms with Gasteiger partial charge in [0.1, 0.15) is 6.29 Å². The standard InChI is InChI=1S/C24H18O5/c1-13-4-17-18(5-14(13)10-25)21-8-23(28-2)24(29-3)9-22(21)20-7-16(12-27)15(11-26)6-19(17)20/h4-12H,1-3H3. The molecule has 0 aliphatic carbocycles. The summed E-state index contributed by atoms with van der Waals surface area (Å²) in [5.41, 5.74) is 2.07. The first-order chi connectivity index (χ1) is 14.1. The molecule has 144 valence electrons. The second-order valence-corrected chi connectivity index (χ2v) is 6.89. The van der Waals surface area contributed by atoms with E-state index in [1.807, 2.05) is 31.2 Å². The lowest BCUT2D eigenvalue weighted by atomic mass is 9.89. The predicted molar refractivity (Wildman–Crippen MR) is 113 cm³/mol. The van der Waals surface area contributed by atoms with Gasteiger partial charge in [0.15, 0.2) is 24.1 Å². The van der Waals surface area contributed by atoms with Crippen LogP contribution in [0.1, 0.15) is 36.6 Å². The van der Waals surface area contributed by atoms with Crippen molar-refractivity contribution >= 4 is 51.2 Å². The molecule has 5 nitrogen and oxygen atoms in total. The van der Waals surface area contributed by atoms with Crippen LogP contribution in [0.3, 0.4) is 0 Å². The fourth-order valence-corrected chi connectivity index (χ4v) is 3.90. The highest BCUT2D eigenvalue weighted by Crippen LogP contribution is 2.42. The van der Waals surface area contributed by atoms with Crippen LogP contribution in [0.2, 0.25) is 0 Å². The predicted octanol–water partition coefficient (Wildman–Crippen LogP) is 4.91. The lowest BCUT2D eigenvalue weighted by Gasteiger charge is -2.16. The van der Waals surface area contributed by atoms with Crippen LogP contribution in [0, 0.1) is 6.92 Å². The summed E-state index contributed by atoms with van der Waals surface area (Å²) < 4.78 is 10.9. The number of carbonyl (C=O) groups excluding carboxylic acids is 3. The van der Waals surface area contributed by atoms with Gasteiger partial charge in [-0.25, -0.2) is 0 Å². The smallest absolute Gasteiger partial charge is 0.161 e. The second kappa shape index (κ2) is 7.02. The van der Waals surface area contributed by atoms with E-state index in [2.05, 4.69) is 0 Å². The second-order valence-electron chi connectivity index (χ2n) is 6.89. The maximum atomic E-state index is 11.5. The van der Waals surface area contributed by atoms with Gasteiger partial charge in [-0.1, -0.05) is 6.07 Å². The summed E-state index contributed by atoms with van der Waals surface area (Å²) in [6.45, 7) is 1.87. The zero-order valence-electron chi connectivity index (χ0n) is 16.2. The maximum absolute atomic E-state index is 11.5. The zero-order chi connectivity index (χ0) is 20.7. The van der Waals surface area contributed by atoms with Gasteiger partial charge in [-0.3, -0.25) is 14.4 Å². The quantitative estimate of drug-likeness (QED) is 0.360. The Labute approximate surface area is 166 Å². The van der Waals surface area contributed by atoms with Gasteiger partial charge in [0.25, 0.3) is 0 Å². The molecule has 0 saturated heterocycles. The Bertz CT molecular complexity index is 1330. The van der Waals surface area contributed by atoms with Crippen LogP contribution in [0.15, 0.2) is 36.4 Å². The van der Waals surface area contributed by atoms with Crippen LogP contribution in [-0.2, 0) is 0 Å². The van der Waals surface area contributed by atoms with Gasteiger partial charge in [-0.15, -0.1) is 0 Å². The normalized spacial score (nSPS) is 11.0. The number of carbonyl (C=O) groups is 3. The Balaban J connectivity index is 2.35. The Morgan fingerprint density at radius 3 is 1.28 bits per heavy atom. The van der Waals surface area contributed by atoms with Gasteiger partial charge in [0, 0.05) is 16.7 Å². The molecular weight excluding hydrogens is 368 g/mol. The number of hydrogen-bond acceptors (Lipinski definition) is 5. The maximum Gasteiger partial charge on any atom is 0.161 e. The molecule has 29 heavy (non-hydrogen) atoms. The van der Waals surface area contributed by atoms with Crippen LogP contribution in [-0.4, -0.2) is 33.1 Å². The molecule has 0 aliphatic rings. The van der Waals surface area contributed by atoms with Gasteiger partial charge in [-0.2, -0.15) is 0 Å². The third kappa shape index (κ3) is 2.74. The van der Waals surface area contributed by atoms with Crippen LogP contribution >= 0.6 is 0 Å². The summed E-state index contributed by atoms with van der Waals surface area (Å²) in [4.78, 5) is 34.6. The first kappa shape index (κ1) is 18.6. The number of benzene rings is 4. The van der Waals surface area contributed by atoms with E-state index in [1.165, 1.54) is 0 Å². The average molecular weight is 386 g/mol. The third-order valence-corrected chi connectivity index (χ3v) is 5.40. The number of methoxy groups -OCH3 is 2. The molecule has 4 aromatic rings. The minimum Gasteiger partial charge on any atom is -0.493 e. The highest BCUT2D eigenvalue weighted by Gasteiger charge is 2.16. The van der Waals surface area contributed by atoms with Crippen molar-refractivity contribution in [2.45, 2.75) is 6.92 Å². The van der Waals surface area contributed by atoms with E-state index in [9.17, 15) is 14.4 Å². The molecule has 0 bridgehead atoms. The van der Waals surface area contributed by atoms with Crippen molar-refractivity contribution in [2.24, 2.45) is 0 Å². The Kier molecular flexibility index (Phi) is 4.51. The van der Waals surface area contributed by atoms with Gasteiger partial charge in [0.05, 0.1) is 14.2 Å². The number of aryl methyl sites for hydroxylation is 1. The van der Waals surface area contributed by atoms with Crippen LogP contribution < -0.4 is 9.47 Å². The van der Waals surface area contributed by atoms with Gasteiger partial charge >= 0.3 is 0 Å². The number of rotatable bonds is 5. The van der Waals surface area contributed by atoms with E-state index in [0.29, 0.717) is 40.8 Å². The molecule has 0 heterocycles. The average Bonchev–Trinajstić information content (AvgIpc) is 2.76. The molecular formula is C24H18O5. The minimum atomic E-state index is 0.323. The largest absolute Gasteiger partial charge is 0.493 e. The molecule has 0 radical (unpaired) electrons. The summed E-state index contributed by atoms with van der Waals surface area (Å²) in [6, 6.07) is 11.0. The molecule has 0 spiro atoms. The van der Waals surface area contributed by atoms with E-state index >= 15 is 0 Å². The molecule has 4 rings (SSSR count). The van der Waals surface area contributed by atoms with Crippen molar-refractivity contribution in [3.05, 3.63) is 58.7 Å². The highest BCUT2D eigenvalue weighted by molar-refractivity contribution is 6.27. The van der Waals surface area contributed by atoms with Crippen LogP contribution in [0.5, 0.6) is 11.5 Å². The van der Waals surface area contributed by atoms with Crippen LogP contribution in [0.25, 0.3) is 32.3 Å². The third-order valence-electron chi connectivity index (χ3n) is 5.40. The zero-order valence-corrected chi connectivity index (χ0v) is 16.2. The fourth-order valence-electron chi connectivity index (χ4n) is 3.90. The van der Waals surface area contributed by atoms with E-state index in [-0.39, 0.29) is 0 Å². The summed E-state index contributed by atoms with van der Waals surface area (Å²) in [5, 5.41) is 5.10. The molecule has 4 aromatic carbocycles. The lowest BCUT2D eigenvalue weighted by Crippen LogP contribution is -1.96. The lowest BCUT2D eigenvalue weighted by molar-refractivity contribution is 0.109. The first-order valence-electron chi connectivity index (χ1n) is 9.01. The monoisotopic (exact) mass is 386 g/mol. The van der Waals surface area contributed by atoms with Crippen molar-refractivity contribution in [3.8, 4) is 11.5 Å². The Hall–Kier alpha value is -3.73. The van der Waals surface area contributed by atoms with Crippen molar-refractivity contribution < 1.29 is 23.9 Å². The topological polar surface area (TPSA) is 69.7 Å². The highest BCUT2D eigenvalue weighted by atomic mass is 16.5. The SMILES string of the molecule is COc1cc2c3cc(C=O)c(C)cc3c3cc(C=O)c(C=O)cc3c2cc1OC. The molecule has 0 atom stereocenters. The summed E-state index contributed by atoms with van der Waals surface area (Å²) in [5.74, 6) is 1.12. The van der Waals surface area contributed by atoms with Gasteiger partial charge in [0.2, 0.25) is 0 Å².